The van der Waals surface area contributed by atoms with Crippen molar-refractivity contribution in [3.8, 4) is 6.07 Å². The Morgan fingerprint density at radius 1 is 1.00 bits per heavy atom. The Kier molecular flexibility index (Phi) is 3.45. The van der Waals surface area contributed by atoms with Crippen molar-refractivity contribution in [2.45, 2.75) is 0 Å². The quantitative estimate of drug-likeness (QED) is 0.881. The van der Waals surface area contributed by atoms with Crippen LogP contribution in [-0.4, -0.2) is 0 Å². The number of rotatable bonds is 2. The molecule has 1 N–H and O–H groups in total. The van der Waals surface area contributed by atoms with Gasteiger partial charge in [-0.3, -0.25) is 0 Å². The Bertz CT molecular complexity index is 618. The first kappa shape index (κ1) is 12.3. The minimum absolute atomic E-state index is 0.0335. The first-order valence-corrected chi connectivity index (χ1v) is 5.40. The van der Waals surface area contributed by atoms with Gasteiger partial charge in [-0.25, -0.2) is 8.78 Å². The second-order valence-corrected chi connectivity index (χ2v) is 3.97. The van der Waals surface area contributed by atoms with Gasteiger partial charge in [0.15, 0.2) is 11.6 Å². The van der Waals surface area contributed by atoms with Gasteiger partial charge < -0.3 is 5.32 Å². The molecule has 0 aliphatic rings. The van der Waals surface area contributed by atoms with E-state index >= 15 is 0 Å². The van der Waals surface area contributed by atoms with Gasteiger partial charge in [0.05, 0.1) is 11.3 Å². The number of hydrogen-bond donors (Lipinski definition) is 1. The summed E-state index contributed by atoms with van der Waals surface area (Å²) < 4.78 is 27.0. The van der Waals surface area contributed by atoms with Gasteiger partial charge in [0.1, 0.15) is 6.07 Å². The van der Waals surface area contributed by atoms with Crippen LogP contribution in [0.3, 0.4) is 0 Å². The van der Waals surface area contributed by atoms with E-state index in [4.69, 9.17) is 16.9 Å². The van der Waals surface area contributed by atoms with E-state index in [2.05, 4.69) is 5.32 Å². The second kappa shape index (κ2) is 5.03. The van der Waals surface area contributed by atoms with Crippen molar-refractivity contribution in [3.05, 3.63) is 58.6 Å². The van der Waals surface area contributed by atoms with Gasteiger partial charge >= 0.3 is 0 Å². The lowest BCUT2D eigenvalue weighted by Crippen LogP contribution is -1.98. The highest BCUT2D eigenvalue weighted by atomic mass is 35.5. The summed E-state index contributed by atoms with van der Waals surface area (Å²) in [6, 6.07) is 10.6. The van der Waals surface area contributed by atoms with Crippen molar-refractivity contribution in [1.29, 1.82) is 5.26 Å². The molecule has 0 radical (unpaired) electrons. The molecule has 2 rings (SSSR count). The van der Waals surface area contributed by atoms with Crippen molar-refractivity contribution in [1.82, 2.24) is 0 Å². The molecule has 0 amide bonds. The van der Waals surface area contributed by atoms with Crippen LogP contribution < -0.4 is 5.32 Å². The van der Waals surface area contributed by atoms with Gasteiger partial charge in [-0.15, -0.1) is 0 Å². The van der Waals surface area contributed by atoms with Crippen LogP contribution in [0.15, 0.2) is 36.4 Å². The smallest absolute Gasteiger partial charge is 0.183 e. The summed E-state index contributed by atoms with van der Waals surface area (Å²) in [7, 11) is 0. The summed E-state index contributed by atoms with van der Waals surface area (Å²) in [5.74, 6) is -2.24. The highest BCUT2D eigenvalue weighted by Gasteiger charge is 2.13. The summed E-state index contributed by atoms with van der Waals surface area (Å²) in [6.45, 7) is 0. The van der Waals surface area contributed by atoms with Gasteiger partial charge in [-0.1, -0.05) is 11.6 Å². The highest BCUT2D eigenvalue weighted by Crippen LogP contribution is 2.24. The second-order valence-electron chi connectivity index (χ2n) is 3.53. The number of benzene rings is 2. The number of anilines is 2. The zero-order valence-corrected chi connectivity index (χ0v) is 9.80. The van der Waals surface area contributed by atoms with Crippen LogP contribution in [0.1, 0.15) is 5.56 Å². The number of nitrogens with zero attached hydrogens (tertiary/aromatic N) is 1. The van der Waals surface area contributed by atoms with E-state index in [1.807, 2.05) is 0 Å². The number of hydrogen-bond acceptors (Lipinski definition) is 2. The number of nitriles is 1. The van der Waals surface area contributed by atoms with E-state index in [1.54, 1.807) is 30.3 Å². The molecule has 2 nitrogen and oxygen atoms in total. The Morgan fingerprint density at radius 3 is 2.28 bits per heavy atom. The van der Waals surface area contributed by atoms with Crippen molar-refractivity contribution in [2.75, 3.05) is 5.32 Å². The largest absolute Gasteiger partial charge is 0.353 e. The lowest BCUT2D eigenvalue weighted by molar-refractivity contribution is 0.509. The van der Waals surface area contributed by atoms with Crippen molar-refractivity contribution in [3.63, 3.8) is 0 Å². The monoisotopic (exact) mass is 264 g/mol. The molecule has 2 aromatic rings. The van der Waals surface area contributed by atoms with Crippen LogP contribution in [-0.2, 0) is 0 Å². The maximum absolute atomic E-state index is 13.6. The third-order valence-corrected chi connectivity index (χ3v) is 2.58. The van der Waals surface area contributed by atoms with Crippen LogP contribution in [0.4, 0.5) is 20.2 Å². The fraction of sp³-hybridized carbons (Fsp3) is 0. The molecule has 5 heteroatoms. The average Bonchev–Trinajstić information content (AvgIpc) is 2.38. The van der Waals surface area contributed by atoms with Gasteiger partial charge in [0.25, 0.3) is 0 Å². The summed E-state index contributed by atoms with van der Waals surface area (Å²) in [5.41, 5.74) is 0.213. The van der Waals surface area contributed by atoms with Crippen LogP contribution in [0.25, 0.3) is 0 Å². The predicted octanol–water partition coefficient (Wildman–Crippen LogP) is 4.23. The molecule has 0 fully saturated rings. The van der Waals surface area contributed by atoms with Crippen molar-refractivity contribution < 1.29 is 8.78 Å². The van der Waals surface area contributed by atoms with Gasteiger partial charge in [-0.2, -0.15) is 5.26 Å². The molecule has 0 atom stereocenters. The topological polar surface area (TPSA) is 35.8 Å². The summed E-state index contributed by atoms with van der Waals surface area (Å²) in [6.07, 6.45) is 0. The van der Waals surface area contributed by atoms with Crippen LogP contribution >= 0.6 is 11.6 Å². The molecule has 0 bridgehead atoms. The molecule has 0 aromatic heterocycles. The van der Waals surface area contributed by atoms with Crippen LogP contribution in [0.5, 0.6) is 0 Å². The molecule has 18 heavy (non-hydrogen) atoms. The molecular formula is C13H7ClF2N2. The fourth-order valence-corrected chi connectivity index (χ4v) is 1.55. The van der Waals surface area contributed by atoms with Crippen LogP contribution in [0, 0.1) is 23.0 Å². The molecular weight excluding hydrogens is 258 g/mol. The lowest BCUT2D eigenvalue weighted by atomic mass is 10.2. The molecule has 0 saturated carbocycles. The highest BCUT2D eigenvalue weighted by molar-refractivity contribution is 6.30. The predicted molar refractivity (Wildman–Crippen MR) is 65.8 cm³/mol. The fourth-order valence-electron chi connectivity index (χ4n) is 1.42. The van der Waals surface area contributed by atoms with Crippen LogP contribution in [0.2, 0.25) is 5.02 Å². The number of halogens is 3. The third-order valence-electron chi connectivity index (χ3n) is 2.33. The lowest BCUT2D eigenvalue weighted by Gasteiger charge is -2.08. The summed E-state index contributed by atoms with van der Waals surface area (Å²) >= 11 is 5.71. The molecule has 0 saturated heterocycles. The van der Waals surface area contributed by atoms with E-state index in [0.29, 0.717) is 10.7 Å². The normalized spacial score (nSPS) is 9.89. The van der Waals surface area contributed by atoms with Gasteiger partial charge in [-0.05, 0) is 36.4 Å². The number of nitrogens with one attached hydrogen (secondary N) is 1. The zero-order valence-electron chi connectivity index (χ0n) is 9.05. The molecule has 0 unspecified atom stereocenters. The molecule has 90 valence electrons. The summed E-state index contributed by atoms with van der Waals surface area (Å²) in [5, 5.41) is 11.8. The maximum Gasteiger partial charge on any atom is 0.183 e. The van der Waals surface area contributed by atoms with E-state index < -0.39 is 11.6 Å². The molecule has 0 spiro atoms. The Hall–Kier alpha value is -2.12. The Morgan fingerprint density at radius 2 is 1.67 bits per heavy atom. The SMILES string of the molecule is N#Cc1ccc(Nc2ccc(Cl)cc2)c(F)c1F. The zero-order chi connectivity index (χ0) is 13.1. The molecule has 0 heterocycles. The standard InChI is InChI=1S/C13H7ClF2N2/c14-9-2-4-10(5-3-9)18-11-6-1-8(7-17)12(15)13(11)16/h1-6,18H. The van der Waals surface area contributed by atoms with E-state index in [1.165, 1.54) is 12.1 Å². The molecule has 0 aliphatic heterocycles. The maximum atomic E-state index is 13.6. The third kappa shape index (κ3) is 2.41. The van der Waals surface area contributed by atoms with Gasteiger partial charge in [0, 0.05) is 10.7 Å². The van der Waals surface area contributed by atoms with E-state index in [0.717, 1.165) is 0 Å². The first-order valence-electron chi connectivity index (χ1n) is 5.02. The Labute approximate surface area is 107 Å². The minimum atomic E-state index is -1.16. The first-order chi connectivity index (χ1) is 8.61. The molecule has 2 aromatic carbocycles. The molecule has 0 aliphatic carbocycles. The van der Waals surface area contributed by atoms with E-state index in [-0.39, 0.29) is 11.3 Å². The summed E-state index contributed by atoms with van der Waals surface area (Å²) in [4.78, 5) is 0. The van der Waals surface area contributed by atoms with Crippen molar-refractivity contribution in [2.24, 2.45) is 0 Å². The van der Waals surface area contributed by atoms with Gasteiger partial charge in [0.2, 0.25) is 0 Å². The minimum Gasteiger partial charge on any atom is -0.353 e. The Balaban J connectivity index is 2.33. The van der Waals surface area contributed by atoms with Crippen molar-refractivity contribution >= 4 is 23.0 Å². The van der Waals surface area contributed by atoms with E-state index in [9.17, 15) is 8.78 Å². The average molecular weight is 265 g/mol.